The molecule has 0 atom stereocenters. The number of aromatic nitrogens is 1. The van der Waals surface area contributed by atoms with Crippen molar-refractivity contribution in [3.8, 4) is 0 Å². The first-order valence-electron chi connectivity index (χ1n) is 3.49. The number of nitrogens with one attached hydrogen (secondary N) is 1. The van der Waals surface area contributed by atoms with Crippen LogP contribution in [0.4, 0.5) is 19.0 Å². The van der Waals surface area contributed by atoms with Crippen LogP contribution in [-0.2, 0) is 6.18 Å². The Morgan fingerprint density at radius 3 is 2.43 bits per heavy atom. The van der Waals surface area contributed by atoms with Gasteiger partial charge in [-0.1, -0.05) is 0 Å². The molecule has 14 heavy (non-hydrogen) atoms. The highest BCUT2D eigenvalue weighted by Crippen LogP contribution is 2.28. The maximum Gasteiger partial charge on any atom is 0.417 e. The summed E-state index contributed by atoms with van der Waals surface area (Å²) in [6, 6.07) is 2.05. The summed E-state index contributed by atoms with van der Waals surface area (Å²) >= 11 is 4.49. The molecule has 76 valence electrons. The van der Waals surface area contributed by atoms with Crippen molar-refractivity contribution < 1.29 is 13.2 Å². The summed E-state index contributed by atoms with van der Waals surface area (Å²) in [5, 5.41) is 2.37. The molecule has 0 fully saturated rings. The Bertz CT molecular complexity index is 333. The van der Waals surface area contributed by atoms with E-state index in [9.17, 15) is 13.2 Å². The second kappa shape index (κ2) is 3.79. The largest absolute Gasteiger partial charge is 0.417 e. The quantitative estimate of drug-likeness (QED) is 0.709. The number of alkyl halides is 3. The molecule has 0 radical (unpaired) electrons. The van der Waals surface area contributed by atoms with Crippen molar-refractivity contribution in [1.82, 2.24) is 4.98 Å². The third kappa shape index (κ3) is 2.84. The number of nitrogens with zero attached hydrogens (tertiary/aromatic N) is 1. The average molecular weight is 221 g/mol. The normalized spacial score (nSPS) is 11.1. The highest BCUT2D eigenvalue weighted by atomic mass is 32.1. The molecule has 1 aromatic heterocycles. The van der Waals surface area contributed by atoms with Gasteiger partial charge in [-0.3, -0.25) is 0 Å². The average Bonchev–Trinajstić information content (AvgIpc) is 2.02. The van der Waals surface area contributed by atoms with Crippen LogP contribution in [0.2, 0.25) is 0 Å². The summed E-state index contributed by atoms with van der Waals surface area (Å²) < 4.78 is 36.2. The zero-order chi connectivity index (χ0) is 10.8. The van der Waals surface area contributed by atoms with Gasteiger partial charge in [-0.15, -0.1) is 0 Å². The maximum atomic E-state index is 12.1. The molecule has 0 bridgehead atoms. The van der Waals surface area contributed by atoms with Crippen LogP contribution in [0.5, 0.6) is 0 Å². The Balaban J connectivity index is 2.84. The van der Waals surface area contributed by atoms with Crippen LogP contribution in [0.15, 0.2) is 18.3 Å². The van der Waals surface area contributed by atoms with Crippen LogP contribution >= 0.6 is 12.2 Å². The summed E-state index contributed by atoms with van der Waals surface area (Å²) in [7, 11) is 0. The third-order valence-corrected chi connectivity index (χ3v) is 1.44. The molecular weight excluding hydrogens is 215 g/mol. The van der Waals surface area contributed by atoms with Gasteiger partial charge >= 0.3 is 6.18 Å². The monoisotopic (exact) mass is 221 g/mol. The molecule has 3 N–H and O–H groups in total. The van der Waals surface area contributed by atoms with E-state index in [2.05, 4.69) is 22.5 Å². The van der Waals surface area contributed by atoms with Gasteiger partial charge in [0.1, 0.15) is 5.82 Å². The molecule has 1 heterocycles. The van der Waals surface area contributed by atoms with E-state index in [0.717, 1.165) is 12.1 Å². The van der Waals surface area contributed by atoms with Crippen molar-refractivity contribution >= 4 is 23.1 Å². The first kappa shape index (κ1) is 10.7. The van der Waals surface area contributed by atoms with Crippen molar-refractivity contribution in [1.29, 1.82) is 0 Å². The minimum absolute atomic E-state index is 0.0442. The van der Waals surface area contributed by atoms with Crippen molar-refractivity contribution in [3.63, 3.8) is 0 Å². The van der Waals surface area contributed by atoms with Crippen LogP contribution in [0.25, 0.3) is 0 Å². The molecule has 0 saturated heterocycles. The molecule has 0 aliphatic carbocycles. The molecule has 0 amide bonds. The maximum absolute atomic E-state index is 12.1. The zero-order valence-corrected chi connectivity index (χ0v) is 7.62. The van der Waals surface area contributed by atoms with Gasteiger partial charge in [-0.2, -0.15) is 13.2 Å². The molecule has 0 spiro atoms. The fourth-order valence-corrected chi connectivity index (χ4v) is 0.866. The van der Waals surface area contributed by atoms with Gasteiger partial charge in [0, 0.05) is 6.20 Å². The first-order chi connectivity index (χ1) is 6.39. The molecule has 0 aromatic carbocycles. The molecule has 1 rings (SSSR count). The smallest absolute Gasteiger partial charge is 0.376 e. The summed E-state index contributed by atoms with van der Waals surface area (Å²) in [6.45, 7) is 0. The van der Waals surface area contributed by atoms with Crippen LogP contribution in [0.3, 0.4) is 0 Å². The number of halogens is 3. The van der Waals surface area contributed by atoms with Crippen LogP contribution in [-0.4, -0.2) is 10.1 Å². The van der Waals surface area contributed by atoms with E-state index in [-0.39, 0.29) is 10.9 Å². The number of nitrogens with two attached hydrogens (primary N) is 1. The van der Waals surface area contributed by atoms with Gasteiger partial charge in [-0.25, -0.2) is 4.98 Å². The molecule has 3 nitrogen and oxygen atoms in total. The van der Waals surface area contributed by atoms with Crippen molar-refractivity contribution in [2.45, 2.75) is 6.18 Å². The standard InChI is InChI=1S/C7H6F3N3S/c8-7(9,10)4-1-2-5(12-3-4)13-6(11)14/h1-3H,(H3,11,12,13,14). The summed E-state index contributed by atoms with van der Waals surface area (Å²) in [6.07, 6.45) is -3.67. The predicted octanol–water partition coefficient (Wildman–Crippen LogP) is 1.76. The fourth-order valence-electron chi connectivity index (χ4n) is 0.762. The topological polar surface area (TPSA) is 50.9 Å². The number of hydrogen-bond acceptors (Lipinski definition) is 2. The van der Waals surface area contributed by atoms with Crippen molar-refractivity contribution in [2.24, 2.45) is 5.73 Å². The third-order valence-electron chi connectivity index (χ3n) is 1.34. The fraction of sp³-hybridized carbons (Fsp3) is 0.143. The van der Waals surface area contributed by atoms with Gasteiger partial charge in [-0.05, 0) is 24.4 Å². The summed E-state index contributed by atoms with van der Waals surface area (Å²) in [5.74, 6) is 0.186. The van der Waals surface area contributed by atoms with Crippen molar-refractivity contribution in [3.05, 3.63) is 23.9 Å². The molecule has 0 saturated carbocycles. The Labute approximate surface area is 83.1 Å². The second-order valence-corrected chi connectivity index (χ2v) is 2.86. The highest BCUT2D eigenvalue weighted by molar-refractivity contribution is 7.80. The Kier molecular flexibility index (Phi) is 2.90. The lowest BCUT2D eigenvalue weighted by molar-refractivity contribution is -0.137. The zero-order valence-electron chi connectivity index (χ0n) is 6.80. The van der Waals surface area contributed by atoms with Gasteiger partial charge in [0.25, 0.3) is 0 Å². The lowest BCUT2D eigenvalue weighted by Gasteiger charge is -2.07. The number of anilines is 1. The SMILES string of the molecule is NC(=S)Nc1ccc(C(F)(F)F)cn1. The van der Waals surface area contributed by atoms with Gasteiger partial charge in [0.15, 0.2) is 5.11 Å². The molecule has 7 heteroatoms. The Morgan fingerprint density at radius 1 is 1.43 bits per heavy atom. The van der Waals surface area contributed by atoms with Crippen LogP contribution in [0.1, 0.15) is 5.56 Å². The number of thiocarbonyl (C=S) groups is 1. The van der Waals surface area contributed by atoms with Gasteiger partial charge < -0.3 is 11.1 Å². The van der Waals surface area contributed by atoms with E-state index < -0.39 is 11.7 Å². The van der Waals surface area contributed by atoms with Crippen molar-refractivity contribution in [2.75, 3.05) is 5.32 Å². The van der Waals surface area contributed by atoms with Gasteiger partial charge in [0.2, 0.25) is 0 Å². The van der Waals surface area contributed by atoms with E-state index in [1.807, 2.05) is 0 Å². The second-order valence-electron chi connectivity index (χ2n) is 2.42. The highest BCUT2D eigenvalue weighted by Gasteiger charge is 2.30. The lowest BCUT2D eigenvalue weighted by Crippen LogP contribution is -2.19. The van der Waals surface area contributed by atoms with Gasteiger partial charge in [0.05, 0.1) is 5.56 Å². The molecule has 1 aromatic rings. The van der Waals surface area contributed by atoms with E-state index in [4.69, 9.17) is 5.73 Å². The Morgan fingerprint density at radius 2 is 2.07 bits per heavy atom. The van der Waals surface area contributed by atoms with E-state index >= 15 is 0 Å². The van der Waals surface area contributed by atoms with E-state index in [1.165, 1.54) is 0 Å². The Hall–Kier alpha value is -1.37. The minimum atomic E-state index is -4.38. The minimum Gasteiger partial charge on any atom is -0.376 e. The van der Waals surface area contributed by atoms with E-state index in [0.29, 0.717) is 6.20 Å². The molecule has 0 aliphatic rings. The molecular formula is C7H6F3N3S. The van der Waals surface area contributed by atoms with Crippen LogP contribution < -0.4 is 11.1 Å². The van der Waals surface area contributed by atoms with E-state index in [1.54, 1.807) is 0 Å². The predicted molar refractivity (Wildman–Crippen MR) is 49.6 cm³/mol. The molecule has 0 aliphatic heterocycles. The number of pyridine rings is 1. The lowest BCUT2D eigenvalue weighted by atomic mass is 10.3. The molecule has 0 unspecified atom stereocenters. The van der Waals surface area contributed by atoms with Crippen LogP contribution in [0, 0.1) is 0 Å². The first-order valence-corrected chi connectivity index (χ1v) is 3.90. The number of hydrogen-bond donors (Lipinski definition) is 2. The summed E-state index contributed by atoms with van der Waals surface area (Å²) in [4.78, 5) is 3.49. The summed E-state index contributed by atoms with van der Waals surface area (Å²) in [5.41, 5.74) is 4.29. The number of rotatable bonds is 1.